The molecule has 0 saturated carbocycles. The highest BCUT2D eigenvalue weighted by Gasteiger charge is 2.06. The number of hydrogen-bond acceptors (Lipinski definition) is 1. The van der Waals surface area contributed by atoms with Gasteiger partial charge in [-0.3, -0.25) is 0 Å². The summed E-state index contributed by atoms with van der Waals surface area (Å²) in [6, 6.07) is 8.29. The standard InChI is InChI=1S/C13H16ClNS/c1-9(2)16-8-12-7-10-6-11(14)4-5-13(10)15(12)3/h4-7,9H,8H2,1-3H3. The first-order chi connectivity index (χ1) is 7.58. The molecule has 1 aromatic carbocycles. The molecule has 0 fully saturated rings. The van der Waals surface area contributed by atoms with Crippen LogP contribution in [0, 0.1) is 0 Å². The van der Waals surface area contributed by atoms with E-state index in [2.05, 4.69) is 37.6 Å². The Morgan fingerprint density at radius 3 is 2.75 bits per heavy atom. The SMILES string of the molecule is CC(C)SCc1cc2cc(Cl)ccc2n1C. The third-order valence-corrected chi connectivity index (χ3v) is 4.03. The van der Waals surface area contributed by atoms with Gasteiger partial charge >= 0.3 is 0 Å². The van der Waals surface area contributed by atoms with Crippen LogP contribution in [0.2, 0.25) is 5.02 Å². The molecule has 0 aliphatic carbocycles. The Kier molecular flexibility index (Phi) is 3.50. The molecule has 1 aromatic heterocycles. The third kappa shape index (κ3) is 2.38. The zero-order chi connectivity index (χ0) is 11.7. The molecule has 86 valence electrons. The number of aromatic nitrogens is 1. The zero-order valence-corrected chi connectivity index (χ0v) is 11.4. The van der Waals surface area contributed by atoms with Crippen molar-refractivity contribution in [3.05, 3.63) is 35.0 Å². The van der Waals surface area contributed by atoms with E-state index < -0.39 is 0 Å². The van der Waals surface area contributed by atoms with E-state index in [1.807, 2.05) is 23.9 Å². The van der Waals surface area contributed by atoms with Gasteiger partial charge in [-0.1, -0.05) is 25.4 Å². The smallest absolute Gasteiger partial charge is 0.0481 e. The molecule has 2 rings (SSSR count). The summed E-state index contributed by atoms with van der Waals surface area (Å²) in [6.45, 7) is 4.45. The molecule has 0 amide bonds. The molecule has 0 aliphatic heterocycles. The maximum atomic E-state index is 5.99. The molecule has 0 saturated heterocycles. The Hall–Kier alpha value is -0.600. The first kappa shape index (κ1) is 11.9. The number of benzene rings is 1. The van der Waals surface area contributed by atoms with E-state index in [9.17, 15) is 0 Å². The van der Waals surface area contributed by atoms with Crippen molar-refractivity contribution in [2.75, 3.05) is 0 Å². The fourth-order valence-corrected chi connectivity index (χ4v) is 2.73. The molecular weight excluding hydrogens is 238 g/mol. The molecule has 0 spiro atoms. The van der Waals surface area contributed by atoms with Crippen LogP contribution in [0.4, 0.5) is 0 Å². The Balaban J connectivity index is 2.36. The van der Waals surface area contributed by atoms with E-state index in [0.29, 0.717) is 5.25 Å². The van der Waals surface area contributed by atoms with Crippen LogP contribution in [0.15, 0.2) is 24.3 Å². The van der Waals surface area contributed by atoms with E-state index in [4.69, 9.17) is 11.6 Å². The van der Waals surface area contributed by atoms with Crippen molar-refractivity contribution in [1.29, 1.82) is 0 Å². The van der Waals surface area contributed by atoms with Crippen LogP contribution < -0.4 is 0 Å². The summed E-state index contributed by atoms with van der Waals surface area (Å²) in [5.41, 5.74) is 2.61. The summed E-state index contributed by atoms with van der Waals surface area (Å²) >= 11 is 7.96. The Morgan fingerprint density at radius 1 is 1.31 bits per heavy atom. The zero-order valence-electron chi connectivity index (χ0n) is 9.83. The largest absolute Gasteiger partial charge is 0.347 e. The first-order valence-electron chi connectivity index (χ1n) is 5.43. The summed E-state index contributed by atoms with van der Waals surface area (Å²) < 4.78 is 2.25. The molecular formula is C13H16ClNS. The minimum Gasteiger partial charge on any atom is -0.347 e. The summed E-state index contributed by atoms with van der Waals surface area (Å²) in [4.78, 5) is 0. The fourth-order valence-electron chi connectivity index (χ4n) is 1.77. The van der Waals surface area contributed by atoms with Crippen molar-refractivity contribution in [3.8, 4) is 0 Å². The van der Waals surface area contributed by atoms with Crippen LogP contribution in [-0.2, 0) is 12.8 Å². The average molecular weight is 254 g/mol. The lowest BCUT2D eigenvalue weighted by Crippen LogP contribution is -1.96. The van der Waals surface area contributed by atoms with Crippen LogP contribution in [-0.4, -0.2) is 9.82 Å². The van der Waals surface area contributed by atoms with Gasteiger partial charge in [0.25, 0.3) is 0 Å². The summed E-state index contributed by atoms with van der Waals surface area (Å²) in [6.07, 6.45) is 0. The van der Waals surface area contributed by atoms with E-state index in [1.54, 1.807) is 0 Å². The van der Waals surface area contributed by atoms with Gasteiger partial charge in [-0.2, -0.15) is 11.8 Å². The first-order valence-corrected chi connectivity index (χ1v) is 6.86. The van der Waals surface area contributed by atoms with Gasteiger partial charge in [0.15, 0.2) is 0 Å². The van der Waals surface area contributed by atoms with Crippen molar-refractivity contribution >= 4 is 34.3 Å². The highest BCUT2D eigenvalue weighted by Crippen LogP contribution is 2.25. The maximum absolute atomic E-state index is 5.99. The molecule has 0 unspecified atom stereocenters. The second-order valence-corrected chi connectivity index (χ2v) is 6.26. The monoisotopic (exact) mass is 253 g/mol. The molecule has 2 aromatic rings. The van der Waals surface area contributed by atoms with Crippen LogP contribution in [0.5, 0.6) is 0 Å². The second-order valence-electron chi connectivity index (χ2n) is 4.26. The van der Waals surface area contributed by atoms with Gasteiger partial charge in [0.05, 0.1) is 0 Å². The predicted octanol–water partition coefficient (Wildman–Crippen LogP) is 4.47. The van der Waals surface area contributed by atoms with Crippen LogP contribution in [0.25, 0.3) is 10.9 Å². The van der Waals surface area contributed by atoms with E-state index in [0.717, 1.165) is 10.8 Å². The fraction of sp³-hybridized carbons (Fsp3) is 0.385. The lowest BCUT2D eigenvalue weighted by molar-refractivity contribution is 0.907. The molecule has 1 nitrogen and oxygen atoms in total. The molecule has 0 aliphatic rings. The van der Waals surface area contributed by atoms with Crippen molar-refractivity contribution in [3.63, 3.8) is 0 Å². The molecule has 0 bridgehead atoms. The molecule has 1 heterocycles. The number of halogens is 1. The second kappa shape index (κ2) is 4.72. The van der Waals surface area contributed by atoms with Crippen molar-refractivity contribution in [1.82, 2.24) is 4.57 Å². The van der Waals surface area contributed by atoms with Crippen LogP contribution in [0.1, 0.15) is 19.5 Å². The highest BCUT2D eigenvalue weighted by molar-refractivity contribution is 7.99. The number of nitrogens with zero attached hydrogens (tertiary/aromatic N) is 1. The highest BCUT2D eigenvalue weighted by atomic mass is 35.5. The Bertz CT molecular complexity index is 502. The van der Waals surface area contributed by atoms with E-state index in [1.165, 1.54) is 16.6 Å². The van der Waals surface area contributed by atoms with Crippen molar-refractivity contribution < 1.29 is 0 Å². The van der Waals surface area contributed by atoms with Crippen molar-refractivity contribution in [2.45, 2.75) is 24.9 Å². The molecule has 0 N–H and O–H groups in total. The number of aryl methyl sites for hydroxylation is 1. The van der Waals surface area contributed by atoms with Gasteiger partial charge < -0.3 is 4.57 Å². The summed E-state index contributed by atoms with van der Waals surface area (Å²) in [5.74, 6) is 1.06. The van der Waals surface area contributed by atoms with Gasteiger partial charge in [0, 0.05) is 34.4 Å². The minimum atomic E-state index is 0.668. The summed E-state index contributed by atoms with van der Waals surface area (Å²) in [5, 5.41) is 2.71. The third-order valence-electron chi connectivity index (χ3n) is 2.67. The van der Waals surface area contributed by atoms with Gasteiger partial charge in [-0.15, -0.1) is 0 Å². The topological polar surface area (TPSA) is 4.93 Å². The molecule has 16 heavy (non-hydrogen) atoms. The Morgan fingerprint density at radius 2 is 2.06 bits per heavy atom. The number of rotatable bonds is 3. The quantitative estimate of drug-likeness (QED) is 0.781. The van der Waals surface area contributed by atoms with Gasteiger partial charge in [0.2, 0.25) is 0 Å². The van der Waals surface area contributed by atoms with Gasteiger partial charge in [-0.05, 0) is 29.5 Å². The number of fused-ring (bicyclic) bond motifs is 1. The molecule has 3 heteroatoms. The number of thioether (sulfide) groups is 1. The minimum absolute atomic E-state index is 0.668. The summed E-state index contributed by atoms with van der Waals surface area (Å²) in [7, 11) is 2.12. The van der Waals surface area contributed by atoms with Crippen molar-refractivity contribution in [2.24, 2.45) is 7.05 Å². The average Bonchev–Trinajstić information content (AvgIpc) is 2.52. The molecule has 0 atom stereocenters. The van der Waals surface area contributed by atoms with Gasteiger partial charge in [-0.25, -0.2) is 0 Å². The van der Waals surface area contributed by atoms with E-state index in [-0.39, 0.29) is 0 Å². The maximum Gasteiger partial charge on any atom is 0.0481 e. The predicted molar refractivity (Wildman–Crippen MR) is 74.4 cm³/mol. The van der Waals surface area contributed by atoms with E-state index >= 15 is 0 Å². The van der Waals surface area contributed by atoms with Crippen LogP contribution >= 0.6 is 23.4 Å². The molecule has 0 radical (unpaired) electrons. The van der Waals surface area contributed by atoms with Crippen LogP contribution in [0.3, 0.4) is 0 Å². The lowest BCUT2D eigenvalue weighted by Gasteiger charge is -2.06. The van der Waals surface area contributed by atoms with Gasteiger partial charge in [0.1, 0.15) is 0 Å². The Labute approximate surface area is 106 Å². The normalized spacial score (nSPS) is 11.6. The number of hydrogen-bond donors (Lipinski definition) is 0. The lowest BCUT2D eigenvalue weighted by atomic mass is 10.2.